The number of aliphatic hydroxyl groups is 1. The van der Waals surface area contributed by atoms with Gasteiger partial charge in [0.05, 0.1) is 6.61 Å². The lowest BCUT2D eigenvalue weighted by atomic mass is 9.72. The van der Waals surface area contributed by atoms with Gasteiger partial charge in [0.15, 0.2) is 0 Å². The molecule has 3 atom stereocenters. The Balaban J connectivity index is 2.18. The van der Waals surface area contributed by atoms with Crippen LogP contribution in [0.2, 0.25) is 0 Å². The van der Waals surface area contributed by atoms with E-state index in [0.29, 0.717) is 23.3 Å². The predicted octanol–water partition coefficient (Wildman–Crippen LogP) is 2.76. The second-order valence-corrected chi connectivity index (χ2v) is 5.76. The summed E-state index contributed by atoms with van der Waals surface area (Å²) in [7, 11) is 0. The van der Waals surface area contributed by atoms with E-state index in [1.807, 2.05) is 6.08 Å². The third kappa shape index (κ3) is 2.51. The van der Waals surface area contributed by atoms with Gasteiger partial charge in [0.25, 0.3) is 0 Å². The summed E-state index contributed by atoms with van der Waals surface area (Å²) in [6, 6.07) is 0. The summed E-state index contributed by atoms with van der Waals surface area (Å²) < 4.78 is 0. The van der Waals surface area contributed by atoms with Gasteiger partial charge < -0.3 is 10.2 Å². The van der Waals surface area contributed by atoms with E-state index in [-0.39, 0.29) is 6.61 Å². The molecule has 2 rings (SSSR count). The van der Waals surface area contributed by atoms with Gasteiger partial charge in [0.2, 0.25) is 0 Å². The maximum atomic E-state index is 10.9. The van der Waals surface area contributed by atoms with Crippen molar-refractivity contribution in [2.45, 2.75) is 39.5 Å². The van der Waals surface area contributed by atoms with Crippen LogP contribution in [0.4, 0.5) is 0 Å². The van der Waals surface area contributed by atoms with Crippen molar-refractivity contribution < 1.29 is 15.0 Å². The minimum Gasteiger partial charge on any atom is -0.478 e. The zero-order valence-electron chi connectivity index (χ0n) is 11.1. The summed E-state index contributed by atoms with van der Waals surface area (Å²) in [4.78, 5) is 10.9. The van der Waals surface area contributed by atoms with Crippen LogP contribution >= 0.6 is 0 Å². The molecule has 3 heteroatoms. The molecule has 2 N–H and O–H groups in total. The van der Waals surface area contributed by atoms with E-state index in [1.54, 1.807) is 6.92 Å². The number of rotatable bonds is 3. The number of fused-ring (bicyclic) bond motifs is 1. The van der Waals surface area contributed by atoms with Crippen LogP contribution in [-0.4, -0.2) is 22.8 Å². The van der Waals surface area contributed by atoms with E-state index < -0.39 is 5.97 Å². The van der Waals surface area contributed by atoms with Crippen molar-refractivity contribution in [1.29, 1.82) is 0 Å². The number of carboxylic acids is 1. The van der Waals surface area contributed by atoms with Crippen LogP contribution in [0.15, 0.2) is 22.8 Å². The van der Waals surface area contributed by atoms with E-state index in [9.17, 15) is 9.90 Å². The molecule has 2 aliphatic rings. The monoisotopic (exact) mass is 250 g/mol. The zero-order chi connectivity index (χ0) is 13.3. The normalized spacial score (nSPS) is 32.6. The fourth-order valence-corrected chi connectivity index (χ4v) is 3.59. The molecular weight excluding hydrogens is 228 g/mol. The van der Waals surface area contributed by atoms with Crippen molar-refractivity contribution in [3.63, 3.8) is 0 Å². The molecule has 0 radical (unpaired) electrons. The van der Waals surface area contributed by atoms with Crippen molar-refractivity contribution in [1.82, 2.24) is 0 Å². The fourth-order valence-electron chi connectivity index (χ4n) is 3.59. The van der Waals surface area contributed by atoms with Gasteiger partial charge in [0, 0.05) is 5.57 Å². The first-order valence-corrected chi connectivity index (χ1v) is 6.76. The van der Waals surface area contributed by atoms with E-state index in [1.165, 1.54) is 17.6 Å². The summed E-state index contributed by atoms with van der Waals surface area (Å²) in [5.74, 6) is 0.720. The molecule has 0 spiro atoms. The minimum absolute atomic E-state index is 0.174. The Kier molecular flexibility index (Phi) is 3.91. The standard InChI is InChI=1S/C15H22O3/c1-9-5-11(6-10(2)15(17)18)7-14-12(8-16)3-4-13(9)14/h6,9,11,13,16H,3-5,7-8H2,1-2H3,(H,17,18)/b10-6+/t9-,11+,13-/m0/s1. The van der Waals surface area contributed by atoms with Crippen LogP contribution in [0, 0.1) is 17.8 Å². The molecule has 1 fully saturated rings. The van der Waals surface area contributed by atoms with Crippen LogP contribution < -0.4 is 0 Å². The summed E-state index contributed by atoms with van der Waals surface area (Å²) in [6.45, 7) is 4.09. The minimum atomic E-state index is -0.826. The van der Waals surface area contributed by atoms with Crippen molar-refractivity contribution in [3.05, 3.63) is 22.8 Å². The Morgan fingerprint density at radius 3 is 2.83 bits per heavy atom. The van der Waals surface area contributed by atoms with E-state index in [4.69, 9.17) is 5.11 Å². The van der Waals surface area contributed by atoms with Gasteiger partial charge in [-0.05, 0) is 55.9 Å². The van der Waals surface area contributed by atoms with Gasteiger partial charge in [0.1, 0.15) is 0 Å². The maximum absolute atomic E-state index is 10.9. The molecule has 0 heterocycles. The molecule has 2 aliphatic carbocycles. The lowest BCUT2D eigenvalue weighted by Crippen LogP contribution is -2.23. The fraction of sp³-hybridized carbons (Fsp3) is 0.667. The molecule has 0 saturated heterocycles. The third-order valence-electron chi connectivity index (χ3n) is 4.52. The lowest BCUT2D eigenvalue weighted by Gasteiger charge is -2.33. The SMILES string of the molecule is C/C(=C\[C@@H]1CC2=C(CO)CC[C@H]2[C@@H](C)C1)C(=O)O. The van der Waals surface area contributed by atoms with Crippen LogP contribution in [0.25, 0.3) is 0 Å². The molecule has 0 bridgehead atoms. The van der Waals surface area contributed by atoms with Crippen molar-refractivity contribution in [2.24, 2.45) is 17.8 Å². The quantitative estimate of drug-likeness (QED) is 0.598. The summed E-state index contributed by atoms with van der Waals surface area (Å²) in [6.07, 6.45) is 6.10. The molecule has 1 saturated carbocycles. The number of allylic oxidation sites excluding steroid dienone is 2. The molecule has 0 aliphatic heterocycles. The maximum Gasteiger partial charge on any atom is 0.330 e. The molecule has 0 aromatic rings. The third-order valence-corrected chi connectivity index (χ3v) is 4.52. The molecule has 3 nitrogen and oxygen atoms in total. The number of aliphatic hydroxyl groups excluding tert-OH is 1. The van der Waals surface area contributed by atoms with Gasteiger partial charge in [-0.3, -0.25) is 0 Å². The van der Waals surface area contributed by atoms with Gasteiger partial charge in [-0.1, -0.05) is 18.6 Å². The largest absolute Gasteiger partial charge is 0.478 e. The number of carbonyl (C=O) groups is 1. The van der Waals surface area contributed by atoms with Crippen LogP contribution in [-0.2, 0) is 4.79 Å². The molecule has 18 heavy (non-hydrogen) atoms. The highest BCUT2D eigenvalue weighted by atomic mass is 16.4. The zero-order valence-corrected chi connectivity index (χ0v) is 11.1. The Labute approximate surface area is 108 Å². The second-order valence-electron chi connectivity index (χ2n) is 5.76. The number of aliphatic carboxylic acids is 1. The van der Waals surface area contributed by atoms with Gasteiger partial charge in [-0.15, -0.1) is 0 Å². The number of hydrogen-bond acceptors (Lipinski definition) is 2. The molecule has 0 amide bonds. The highest BCUT2D eigenvalue weighted by Gasteiger charge is 2.35. The lowest BCUT2D eigenvalue weighted by molar-refractivity contribution is -0.132. The Hall–Kier alpha value is -1.09. The van der Waals surface area contributed by atoms with Crippen molar-refractivity contribution in [2.75, 3.05) is 6.61 Å². The van der Waals surface area contributed by atoms with Crippen LogP contribution in [0.3, 0.4) is 0 Å². The van der Waals surface area contributed by atoms with E-state index in [2.05, 4.69) is 6.92 Å². The first kappa shape index (κ1) is 13.3. The smallest absolute Gasteiger partial charge is 0.330 e. The highest BCUT2D eigenvalue weighted by Crippen LogP contribution is 2.47. The van der Waals surface area contributed by atoms with Gasteiger partial charge in [-0.2, -0.15) is 0 Å². The number of carboxylic acid groups (broad SMARTS) is 1. The molecular formula is C15H22O3. The average molecular weight is 250 g/mol. The number of hydrogen-bond donors (Lipinski definition) is 2. The summed E-state index contributed by atoms with van der Waals surface area (Å²) in [5, 5.41) is 18.3. The van der Waals surface area contributed by atoms with Crippen molar-refractivity contribution in [3.8, 4) is 0 Å². The second kappa shape index (κ2) is 5.27. The van der Waals surface area contributed by atoms with Gasteiger partial charge >= 0.3 is 5.97 Å². The van der Waals surface area contributed by atoms with Crippen molar-refractivity contribution >= 4 is 5.97 Å². The molecule has 0 aromatic heterocycles. The molecule has 0 aromatic carbocycles. The molecule has 100 valence electrons. The highest BCUT2D eigenvalue weighted by molar-refractivity contribution is 5.85. The topological polar surface area (TPSA) is 57.5 Å². The Morgan fingerprint density at radius 2 is 2.22 bits per heavy atom. The summed E-state index contributed by atoms with van der Waals surface area (Å²) in [5.41, 5.74) is 3.06. The van der Waals surface area contributed by atoms with Crippen LogP contribution in [0.1, 0.15) is 39.5 Å². The first-order chi connectivity index (χ1) is 8.52. The Bertz CT molecular complexity index is 406. The van der Waals surface area contributed by atoms with E-state index in [0.717, 1.165) is 19.3 Å². The first-order valence-electron chi connectivity index (χ1n) is 6.76. The van der Waals surface area contributed by atoms with E-state index >= 15 is 0 Å². The summed E-state index contributed by atoms with van der Waals surface area (Å²) >= 11 is 0. The van der Waals surface area contributed by atoms with Gasteiger partial charge in [-0.25, -0.2) is 4.79 Å². The average Bonchev–Trinajstić information content (AvgIpc) is 2.72. The predicted molar refractivity (Wildman–Crippen MR) is 70.1 cm³/mol. The molecule has 0 unspecified atom stereocenters. The van der Waals surface area contributed by atoms with Crippen LogP contribution in [0.5, 0.6) is 0 Å². The Morgan fingerprint density at radius 1 is 1.50 bits per heavy atom.